The minimum atomic E-state index is 0. The minimum Gasteiger partial charge on any atom is -0.494 e. The van der Waals surface area contributed by atoms with Crippen LogP contribution in [0.3, 0.4) is 0 Å². The van der Waals surface area contributed by atoms with Crippen LogP contribution >= 0.6 is 24.0 Å². The SMILES string of the molecule is CCCCNC(=NCc1cccc(OCC)c1)NCC.I. The lowest BCUT2D eigenvalue weighted by Crippen LogP contribution is -2.37. The maximum Gasteiger partial charge on any atom is 0.191 e. The molecule has 0 bridgehead atoms. The van der Waals surface area contributed by atoms with Crippen molar-refractivity contribution in [3.63, 3.8) is 0 Å². The summed E-state index contributed by atoms with van der Waals surface area (Å²) >= 11 is 0. The predicted molar refractivity (Wildman–Crippen MR) is 101 cm³/mol. The van der Waals surface area contributed by atoms with Crippen molar-refractivity contribution in [2.75, 3.05) is 19.7 Å². The lowest BCUT2D eigenvalue weighted by Gasteiger charge is -2.11. The molecule has 1 rings (SSSR count). The Morgan fingerprint density at radius 1 is 1.19 bits per heavy atom. The van der Waals surface area contributed by atoms with E-state index in [1.165, 1.54) is 6.42 Å². The number of hydrogen-bond donors (Lipinski definition) is 2. The Labute approximate surface area is 145 Å². The van der Waals surface area contributed by atoms with E-state index in [0.717, 1.165) is 36.8 Å². The Balaban J connectivity index is 0.00000400. The van der Waals surface area contributed by atoms with E-state index in [4.69, 9.17) is 4.74 Å². The summed E-state index contributed by atoms with van der Waals surface area (Å²) in [5.74, 6) is 1.78. The molecule has 2 N–H and O–H groups in total. The van der Waals surface area contributed by atoms with Crippen molar-refractivity contribution >= 4 is 29.9 Å². The van der Waals surface area contributed by atoms with Gasteiger partial charge in [0.25, 0.3) is 0 Å². The van der Waals surface area contributed by atoms with Gasteiger partial charge in [-0.15, -0.1) is 24.0 Å². The Morgan fingerprint density at radius 2 is 2.00 bits per heavy atom. The lowest BCUT2D eigenvalue weighted by molar-refractivity contribution is 0.340. The fourth-order valence-corrected chi connectivity index (χ4v) is 1.80. The van der Waals surface area contributed by atoms with E-state index in [0.29, 0.717) is 13.2 Å². The summed E-state index contributed by atoms with van der Waals surface area (Å²) in [4.78, 5) is 4.60. The van der Waals surface area contributed by atoms with Crippen molar-refractivity contribution in [1.29, 1.82) is 0 Å². The summed E-state index contributed by atoms with van der Waals surface area (Å²) in [5, 5.41) is 6.60. The molecule has 0 unspecified atom stereocenters. The number of guanidine groups is 1. The van der Waals surface area contributed by atoms with Crippen molar-refractivity contribution in [2.24, 2.45) is 4.99 Å². The van der Waals surface area contributed by atoms with Crippen molar-refractivity contribution in [3.8, 4) is 5.75 Å². The highest BCUT2D eigenvalue weighted by Crippen LogP contribution is 2.13. The number of hydrogen-bond acceptors (Lipinski definition) is 2. The van der Waals surface area contributed by atoms with E-state index in [1.54, 1.807) is 0 Å². The maximum absolute atomic E-state index is 5.50. The van der Waals surface area contributed by atoms with Gasteiger partial charge in [-0.3, -0.25) is 0 Å². The zero-order valence-electron chi connectivity index (χ0n) is 13.3. The van der Waals surface area contributed by atoms with Crippen molar-refractivity contribution in [3.05, 3.63) is 29.8 Å². The molecule has 1 aromatic carbocycles. The number of benzene rings is 1. The van der Waals surface area contributed by atoms with Crippen LogP contribution in [0.15, 0.2) is 29.3 Å². The van der Waals surface area contributed by atoms with Crippen LogP contribution in [0.5, 0.6) is 5.75 Å². The number of unbranched alkanes of at least 4 members (excludes halogenated alkanes) is 1. The van der Waals surface area contributed by atoms with Gasteiger partial charge in [0.1, 0.15) is 5.75 Å². The molecular weight excluding hydrogens is 377 g/mol. The number of nitrogens with one attached hydrogen (secondary N) is 2. The van der Waals surface area contributed by atoms with Gasteiger partial charge in [0.15, 0.2) is 5.96 Å². The number of aliphatic imine (C=N–C) groups is 1. The van der Waals surface area contributed by atoms with Crippen LogP contribution in [0.4, 0.5) is 0 Å². The Bertz CT molecular complexity index is 410. The molecule has 4 nitrogen and oxygen atoms in total. The first-order valence-corrected chi connectivity index (χ1v) is 7.54. The highest BCUT2D eigenvalue weighted by Gasteiger charge is 1.98. The topological polar surface area (TPSA) is 45.7 Å². The van der Waals surface area contributed by atoms with Crippen LogP contribution in [0.25, 0.3) is 0 Å². The van der Waals surface area contributed by atoms with E-state index in [2.05, 4.69) is 35.5 Å². The third kappa shape index (κ3) is 8.80. The molecule has 0 radical (unpaired) electrons. The van der Waals surface area contributed by atoms with Gasteiger partial charge in [0.05, 0.1) is 13.2 Å². The largest absolute Gasteiger partial charge is 0.494 e. The summed E-state index contributed by atoms with van der Waals surface area (Å²) in [5.41, 5.74) is 1.16. The standard InChI is InChI=1S/C16H27N3O.HI/c1-4-7-11-18-16(17-5-2)19-13-14-9-8-10-15(12-14)20-6-3;/h8-10,12H,4-7,11,13H2,1-3H3,(H2,17,18,19);1H. The molecule has 21 heavy (non-hydrogen) atoms. The molecule has 0 atom stereocenters. The van der Waals surface area contributed by atoms with Crippen LogP contribution < -0.4 is 15.4 Å². The molecule has 0 spiro atoms. The molecule has 0 aliphatic carbocycles. The van der Waals surface area contributed by atoms with E-state index in [1.807, 2.05) is 25.1 Å². The van der Waals surface area contributed by atoms with Crippen molar-refractivity contribution in [1.82, 2.24) is 10.6 Å². The van der Waals surface area contributed by atoms with Crippen molar-refractivity contribution in [2.45, 2.75) is 40.2 Å². The second kappa shape index (κ2) is 12.7. The monoisotopic (exact) mass is 405 g/mol. The van der Waals surface area contributed by atoms with E-state index >= 15 is 0 Å². The van der Waals surface area contributed by atoms with Gasteiger partial charge in [0, 0.05) is 13.1 Å². The molecule has 0 aromatic heterocycles. The smallest absolute Gasteiger partial charge is 0.191 e. The molecule has 0 saturated heterocycles. The van der Waals surface area contributed by atoms with E-state index in [-0.39, 0.29) is 24.0 Å². The average Bonchev–Trinajstić information content (AvgIpc) is 2.46. The van der Waals surface area contributed by atoms with Crippen LogP contribution in [0.1, 0.15) is 39.2 Å². The summed E-state index contributed by atoms with van der Waals surface area (Å²) in [7, 11) is 0. The molecule has 1 aromatic rings. The summed E-state index contributed by atoms with van der Waals surface area (Å²) in [6.07, 6.45) is 2.34. The van der Waals surface area contributed by atoms with Gasteiger partial charge in [-0.05, 0) is 38.0 Å². The fourth-order valence-electron chi connectivity index (χ4n) is 1.80. The molecule has 5 heteroatoms. The maximum atomic E-state index is 5.50. The van der Waals surface area contributed by atoms with Gasteiger partial charge in [-0.1, -0.05) is 25.5 Å². The van der Waals surface area contributed by atoms with Crippen LogP contribution in [0.2, 0.25) is 0 Å². The Kier molecular flexibility index (Phi) is 12.1. The van der Waals surface area contributed by atoms with Gasteiger partial charge in [0.2, 0.25) is 0 Å². The van der Waals surface area contributed by atoms with Gasteiger partial charge in [-0.25, -0.2) is 4.99 Å². The van der Waals surface area contributed by atoms with Crippen LogP contribution in [0, 0.1) is 0 Å². The van der Waals surface area contributed by atoms with E-state index in [9.17, 15) is 0 Å². The first kappa shape index (κ1) is 20.0. The molecular formula is C16H28IN3O. The highest BCUT2D eigenvalue weighted by atomic mass is 127. The van der Waals surface area contributed by atoms with Gasteiger partial charge in [-0.2, -0.15) is 0 Å². The Hall–Kier alpha value is -0.980. The molecule has 0 saturated carbocycles. The molecule has 120 valence electrons. The summed E-state index contributed by atoms with van der Waals surface area (Å²) < 4.78 is 5.50. The molecule has 0 amide bonds. The first-order valence-electron chi connectivity index (χ1n) is 7.54. The van der Waals surface area contributed by atoms with Crippen molar-refractivity contribution < 1.29 is 4.74 Å². The first-order chi connectivity index (χ1) is 9.80. The third-order valence-corrected chi connectivity index (χ3v) is 2.80. The quantitative estimate of drug-likeness (QED) is 0.301. The number of ether oxygens (including phenoxy) is 1. The zero-order valence-corrected chi connectivity index (χ0v) is 15.6. The number of nitrogens with zero attached hydrogens (tertiary/aromatic N) is 1. The normalized spacial score (nSPS) is 10.7. The predicted octanol–water partition coefficient (Wildman–Crippen LogP) is 3.56. The molecule has 0 aliphatic heterocycles. The number of halogens is 1. The van der Waals surface area contributed by atoms with Crippen LogP contribution in [-0.4, -0.2) is 25.7 Å². The molecule has 0 heterocycles. The van der Waals surface area contributed by atoms with E-state index < -0.39 is 0 Å². The average molecular weight is 405 g/mol. The van der Waals surface area contributed by atoms with Gasteiger partial charge < -0.3 is 15.4 Å². The van der Waals surface area contributed by atoms with Gasteiger partial charge >= 0.3 is 0 Å². The lowest BCUT2D eigenvalue weighted by atomic mass is 10.2. The number of rotatable bonds is 8. The zero-order chi connectivity index (χ0) is 14.6. The summed E-state index contributed by atoms with van der Waals surface area (Å²) in [6, 6.07) is 8.10. The molecule has 0 fully saturated rings. The van der Waals surface area contributed by atoms with Crippen LogP contribution in [-0.2, 0) is 6.54 Å². The third-order valence-electron chi connectivity index (χ3n) is 2.80. The second-order valence-electron chi connectivity index (χ2n) is 4.56. The fraction of sp³-hybridized carbons (Fsp3) is 0.562. The molecule has 0 aliphatic rings. The minimum absolute atomic E-state index is 0. The second-order valence-corrected chi connectivity index (χ2v) is 4.56. The Morgan fingerprint density at radius 3 is 2.67 bits per heavy atom. The highest BCUT2D eigenvalue weighted by molar-refractivity contribution is 14.0. The summed E-state index contributed by atoms with van der Waals surface area (Å²) in [6.45, 7) is 9.43.